The molecule has 7 heterocycles. The lowest BCUT2D eigenvalue weighted by atomic mass is 10.0. The van der Waals surface area contributed by atoms with Crippen LogP contribution in [0, 0.1) is 41.4 Å². The number of aliphatic hydroxyl groups is 2. The van der Waals surface area contributed by atoms with E-state index in [4.69, 9.17) is 60.1 Å². The van der Waals surface area contributed by atoms with Crippen LogP contribution < -0.4 is 9.47 Å². The third-order valence-corrected chi connectivity index (χ3v) is 61.8. The first-order chi connectivity index (χ1) is 43.5. The smallest absolute Gasteiger partial charge is 0.491 e. The number of nitrogens with zero attached hydrogens (tertiary/aromatic N) is 1. The number of aliphatic hydroxyl groups excluding tert-OH is 2. The lowest BCUT2D eigenvalue weighted by Gasteiger charge is -2.71. The summed E-state index contributed by atoms with van der Waals surface area (Å²) in [5.41, 5.74) is 2.20. The Balaban J connectivity index is 0.964. The van der Waals surface area contributed by atoms with Gasteiger partial charge in [0.2, 0.25) is 10.1 Å². The molecule has 7 aliphatic rings. The van der Waals surface area contributed by atoms with Gasteiger partial charge in [0.1, 0.15) is 36.9 Å². The molecule has 7 aliphatic heterocycles. The van der Waals surface area contributed by atoms with Crippen molar-refractivity contribution < 1.29 is 79.9 Å². The second-order valence-corrected chi connectivity index (χ2v) is 55.4. The summed E-state index contributed by atoms with van der Waals surface area (Å²) in [7, 11) is -32.5. The molecular formula is C65H99NO18Si8. The van der Waals surface area contributed by atoms with E-state index in [0.29, 0.717) is 89.0 Å². The van der Waals surface area contributed by atoms with Crippen molar-refractivity contribution in [2.24, 2.45) is 41.4 Å². The largest absolute Gasteiger partial charge is 0.497 e. The summed E-state index contributed by atoms with van der Waals surface area (Å²) >= 11 is 0. The fourth-order valence-corrected chi connectivity index (χ4v) is 73.9. The maximum absolute atomic E-state index is 13.3. The predicted molar refractivity (Wildman–Crippen MR) is 364 cm³/mol. The maximum atomic E-state index is 13.3. The average Bonchev–Trinajstić information content (AvgIpc) is 1.33. The standard InChI is InChI=1S/C65H99NO18Si8/c1-47(2)40-85-64-73-90(44-51(9)10)74-65-76-91(75-64,45-52(11)12)84-92(46-53(13)14,81-87(64,77-85)42-49(5)6)82-88(65,43-50(7)8)78-86(65,41-48(3)4)80-89(79-85,83-90)35-21-34-66(36-58(67)38-71-60-30-26-56(27-31-60)62(69)54-22-17-15-18-23-54)37-59(68)39-72-61-32-28-57(29-33-61)63(70)55-24-19-16-20-25-55/h15-20,22-33,47-53,58-59,67-68H,21,34-46H2,1-14H3. The molecule has 504 valence electrons. The molecule has 0 radical (unpaired) electrons. The molecule has 27 heteroatoms. The predicted octanol–water partition coefficient (Wildman–Crippen LogP) is 12.0. The van der Waals surface area contributed by atoms with Crippen LogP contribution in [-0.4, -0.2) is 151 Å². The van der Waals surface area contributed by atoms with Crippen molar-refractivity contribution in [1.29, 1.82) is 0 Å². The highest BCUT2D eigenvalue weighted by molar-refractivity contribution is 7.14. The van der Waals surface area contributed by atoms with Crippen LogP contribution in [0.5, 0.6) is 11.5 Å². The Morgan fingerprint density at radius 3 is 1.03 bits per heavy atom. The number of ketones is 2. The van der Waals surface area contributed by atoms with Gasteiger partial charge in [-0.25, -0.2) is 0 Å². The van der Waals surface area contributed by atoms with Crippen LogP contribution in [0.3, 0.4) is 0 Å². The first-order valence-corrected chi connectivity index (χ1v) is 49.4. The SMILES string of the molecule is CC(C)C[Si]12OC34O[Si]5(CC(C)C)OC6(O1)[Si]1(CC(C)C)O[Si](CCCN(CC(O)COc7ccc(C(=O)c8ccccc8)cc7)CC(O)COc7ccc(C(=O)c8ccccc8)cc7)(O2)O[Si]3(CC(C)C)O[Si]4(CC(C)C)O[Si](CC(C)C)(O5)O[Si]6(CC(C)C)O1. The van der Waals surface area contributed by atoms with Crippen molar-refractivity contribution in [2.75, 3.05) is 32.8 Å². The summed E-state index contributed by atoms with van der Waals surface area (Å²) in [6, 6.07) is 35.5. The fourth-order valence-electron chi connectivity index (χ4n) is 14.7. The monoisotopic (exact) mass is 1410 g/mol. The van der Waals surface area contributed by atoms with Crippen molar-refractivity contribution in [1.82, 2.24) is 4.90 Å². The number of rotatable bonds is 32. The van der Waals surface area contributed by atoms with Gasteiger partial charge in [-0.05, 0) is 127 Å². The summed E-state index contributed by atoms with van der Waals surface area (Å²) in [6.07, 6.45) is -1.66. The van der Waals surface area contributed by atoms with Gasteiger partial charge in [0, 0.05) is 59.5 Å². The lowest BCUT2D eigenvalue weighted by molar-refractivity contribution is -0.202. The van der Waals surface area contributed by atoms with E-state index < -0.39 is 91.7 Å². The number of ether oxygens (including phenoxy) is 2. The van der Waals surface area contributed by atoms with E-state index in [9.17, 15) is 19.8 Å². The van der Waals surface area contributed by atoms with Gasteiger partial charge in [-0.2, -0.15) is 0 Å². The molecule has 2 spiro atoms. The second kappa shape index (κ2) is 27.0. The number of carbonyl (C=O) groups excluding carboxylic acids is 2. The number of hydrogen-bond acceptors (Lipinski definition) is 19. The summed E-state index contributed by atoms with van der Waals surface area (Å²) in [6.45, 7) is 30.9. The topological polar surface area (TPSA) is 207 Å². The first-order valence-electron chi connectivity index (χ1n) is 33.6. The van der Waals surface area contributed by atoms with Crippen LogP contribution >= 0.6 is 0 Å². The third-order valence-electron chi connectivity index (χ3n) is 17.5. The zero-order chi connectivity index (χ0) is 65.9. The van der Waals surface area contributed by atoms with E-state index >= 15 is 0 Å². The van der Waals surface area contributed by atoms with Crippen LogP contribution in [-0.2, 0) is 50.6 Å². The molecule has 0 saturated carbocycles. The minimum Gasteiger partial charge on any atom is -0.491 e. The molecule has 4 aromatic carbocycles. The second-order valence-electron chi connectivity index (χ2n) is 29.6. The molecule has 7 fully saturated rings. The lowest BCUT2D eigenvalue weighted by Crippen LogP contribution is -3.00. The van der Waals surface area contributed by atoms with Gasteiger partial charge < -0.3 is 70.3 Å². The van der Waals surface area contributed by atoms with E-state index in [0.717, 1.165) is 0 Å². The molecule has 0 aromatic heterocycles. The molecular weight excluding hydrogens is 1310 g/mol. The molecule has 11 rings (SSSR count). The number of carbonyl (C=O) groups is 2. The van der Waals surface area contributed by atoms with Gasteiger partial charge in [-0.3, -0.25) is 14.5 Å². The Morgan fingerprint density at radius 1 is 0.391 bits per heavy atom. The Morgan fingerprint density at radius 2 is 0.696 bits per heavy atom. The normalized spacial score (nSPS) is 33.2. The Bertz CT molecular complexity index is 3040. The molecule has 0 aliphatic carbocycles. The maximum Gasteiger partial charge on any atom is 0.497 e. The van der Waals surface area contributed by atoms with Crippen molar-refractivity contribution >= 4 is 81.0 Å². The molecule has 2 N–H and O–H groups in total. The molecule has 4 aromatic rings. The zero-order valence-corrected chi connectivity index (χ0v) is 64.4. The Kier molecular flexibility index (Phi) is 20.6. The van der Waals surface area contributed by atoms with Gasteiger partial charge in [0.25, 0.3) is 0 Å². The highest BCUT2D eigenvalue weighted by atomic mass is 28.6. The fraction of sp³-hybridized carbons (Fsp3) is 0.600. The Hall–Kier alpha value is -3.04. The molecule has 7 saturated heterocycles. The third kappa shape index (κ3) is 13.6. The summed E-state index contributed by atoms with van der Waals surface area (Å²) in [5, 5.41) is 20.9. The summed E-state index contributed by atoms with van der Waals surface area (Å²) < 4.78 is 110. The van der Waals surface area contributed by atoms with Crippen LogP contribution in [0.1, 0.15) is 135 Å². The summed E-state index contributed by atoms with van der Waals surface area (Å²) in [4.78, 5) is 28.5. The van der Waals surface area contributed by atoms with Crippen LogP contribution in [0.2, 0.25) is 48.4 Å². The van der Waals surface area contributed by atoms with Crippen molar-refractivity contribution in [3.63, 3.8) is 0 Å². The Labute approximate surface area is 553 Å². The van der Waals surface area contributed by atoms with Crippen LogP contribution in [0.4, 0.5) is 0 Å². The number of hydrogen-bond donors (Lipinski definition) is 2. The molecule has 19 nitrogen and oxygen atoms in total. The van der Waals surface area contributed by atoms with E-state index in [2.05, 4.69) is 96.9 Å². The number of benzene rings is 4. The van der Waals surface area contributed by atoms with E-state index in [1.165, 1.54) is 0 Å². The van der Waals surface area contributed by atoms with E-state index in [1.54, 1.807) is 72.8 Å². The average molecular weight is 1410 g/mol. The van der Waals surface area contributed by atoms with Gasteiger partial charge in [-0.1, -0.05) is 158 Å². The molecule has 0 amide bonds. The van der Waals surface area contributed by atoms with Gasteiger partial charge in [-0.15, -0.1) is 0 Å². The minimum atomic E-state index is -4.28. The number of fused-ring (bicyclic) bond motifs is 2. The van der Waals surface area contributed by atoms with Gasteiger partial charge in [0.05, 0.1) is 0 Å². The molecule has 92 heavy (non-hydrogen) atoms. The quantitative estimate of drug-likeness (QED) is 0.0344. The molecule has 8 unspecified atom stereocenters. The van der Waals surface area contributed by atoms with E-state index in [-0.39, 0.29) is 85.3 Å². The van der Waals surface area contributed by atoms with Crippen LogP contribution in [0.25, 0.3) is 0 Å². The van der Waals surface area contributed by atoms with Gasteiger partial charge >= 0.3 is 69.5 Å². The first kappa shape index (κ1) is 70.3. The van der Waals surface area contributed by atoms with Crippen molar-refractivity contribution in [3.8, 4) is 11.5 Å². The molecule has 8 atom stereocenters. The summed E-state index contributed by atoms with van der Waals surface area (Å²) in [5.74, 6) is 1.09. The highest BCUT2D eigenvalue weighted by Crippen LogP contribution is 2.71. The highest BCUT2D eigenvalue weighted by Gasteiger charge is 3.02. The van der Waals surface area contributed by atoms with Crippen molar-refractivity contribution in [2.45, 2.75) is 174 Å². The van der Waals surface area contributed by atoms with E-state index in [1.807, 2.05) is 41.3 Å². The molecule has 6 bridgehead atoms. The zero-order valence-electron chi connectivity index (χ0n) is 56.4. The van der Waals surface area contributed by atoms with Crippen LogP contribution in [0.15, 0.2) is 109 Å². The van der Waals surface area contributed by atoms with Gasteiger partial charge in [0.15, 0.2) is 11.6 Å². The minimum absolute atomic E-state index is 0.00434. The van der Waals surface area contributed by atoms with Crippen molar-refractivity contribution in [3.05, 3.63) is 131 Å².